The van der Waals surface area contributed by atoms with Crippen LogP contribution in [-0.2, 0) is 10.8 Å². The van der Waals surface area contributed by atoms with Gasteiger partial charge in [-0.15, -0.1) is 10.2 Å². The van der Waals surface area contributed by atoms with Crippen LogP contribution in [-0.4, -0.2) is 11.4 Å². The maximum Gasteiger partial charge on any atom is 0.101 e. The predicted molar refractivity (Wildman–Crippen MR) is 141 cm³/mol. The third-order valence-corrected chi connectivity index (χ3v) is 7.67. The fourth-order valence-electron chi connectivity index (χ4n) is 5.83. The van der Waals surface area contributed by atoms with Crippen LogP contribution in [0, 0.1) is 0 Å². The lowest BCUT2D eigenvalue weighted by atomic mass is 9.68. The summed E-state index contributed by atoms with van der Waals surface area (Å²) in [6.07, 6.45) is 0. The van der Waals surface area contributed by atoms with Gasteiger partial charge >= 0.3 is 0 Å². The molecule has 0 N–H and O–H groups in total. The summed E-state index contributed by atoms with van der Waals surface area (Å²) in [5, 5.41) is 10.0. The van der Waals surface area contributed by atoms with E-state index in [1.54, 1.807) is 0 Å². The van der Waals surface area contributed by atoms with Gasteiger partial charge in [0.2, 0.25) is 0 Å². The Morgan fingerprint density at radius 3 is 0.882 bits per heavy atom. The molecular formula is C32H28N2. The first-order chi connectivity index (χ1) is 16.4. The number of nitrogens with zero attached hydrogens (tertiary/aromatic N) is 2. The predicted octanol–water partition coefficient (Wildman–Crippen LogP) is 7.26. The molecule has 34 heavy (non-hydrogen) atoms. The fourth-order valence-corrected chi connectivity index (χ4v) is 5.83. The van der Waals surface area contributed by atoms with Crippen LogP contribution in [0.25, 0.3) is 0 Å². The van der Waals surface area contributed by atoms with E-state index in [0.717, 1.165) is 33.7 Å². The van der Waals surface area contributed by atoms with Crippen molar-refractivity contribution in [3.8, 4) is 0 Å². The molecule has 0 amide bonds. The Hall–Kier alpha value is -3.78. The van der Waals surface area contributed by atoms with E-state index in [0.29, 0.717) is 0 Å². The lowest BCUT2D eigenvalue weighted by molar-refractivity contribution is 0.631. The summed E-state index contributed by atoms with van der Waals surface area (Å²) >= 11 is 0. The number of fused-ring (bicyclic) bond motifs is 4. The molecule has 2 nitrogen and oxygen atoms in total. The van der Waals surface area contributed by atoms with E-state index in [4.69, 9.17) is 10.2 Å². The van der Waals surface area contributed by atoms with E-state index in [1.165, 1.54) is 22.3 Å². The van der Waals surface area contributed by atoms with Crippen LogP contribution >= 0.6 is 0 Å². The summed E-state index contributed by atoms with van der Waals surface area (Å²) in [6, 6.07) is 34.5. The average Bonchev–Trinajstić information content (AvgIpc) is 2.86. The highest BCUT2D eigenvalue weighted by molar-refractivity contribution is 6.19. The van der Waals surface area contributed by atoms with Crippen LogP contribution in [0.15, 0.2) is 107 Å². The van der Waals surface area contributed by atoms with Crippen LogP contribution in [0.2, 0.25) is 0 Å². The van der Waals surface area contributed by atoms with E-state index >= 15 is 0 Å². The SMILES string of the molecule is CC1(C)c2ccccc2C(=NN=C2c3ccccc3C(C)(C)c3ccccc32)c2ccccc21. The minimum Gasteiger partial charge on any atom is -0.149 e. The molecule has 0 aliphatic heterocycles. The van der Waals surface area contributed by atoms with E-state index in [-0.39, 0.29) is 10.8 Å². The van der Waals surface area contributed by atoms with Crippen LogP contribution in [0.4, 0.5) is 0 Å². The van der Waals surface area contributed by atoms with Gasteiger partial charge in [-0.1, -0.05) is 125 Å². The zero-order chi connectivity index (χ0) is 23.5. The third-order valence-electron chi connectivity index (χ3n) is 7.67. The first kappa shape index (κ1) is 20.8. The van der Waals surface area contributed by atoms with Crippen molar-refractivity contribution < 1.29 is 0 Å². The van der Waals surface area contributed by atoms with Crippen LogP contribution in [0.5, 0.6) is 0 Å². The topological polar surface area (TPSA) is 24.7 Å². The zero-order valence-electron chi connectivity index (χ0n) is 20.1. The molecule has 166 valence electrons. The first-order valence-corrected chi connectivity index (χ1v) is 12.0. The van der Waals surface area contributed by atoms with Gasteiger partial charge < -0.3 is 0 Å². The molecule has 0 saturated heterocycles. The standard InChI is InChI=1S/C32H28N2/c1-31(2)25-17-9-5-13-21(25)29(22-14-6-10-18-26(22)31)33-34-30-23-15-7-11-19-27(23)32(3,4)28-20-12-8-16-24(28)30/h5-20H,1-4H3. The van der Waals surface area contributed by atoms with Crippen molar-refractivity contribution in [1.82, 2.24) is 0 Å². The molecule has 0 aromatic heterocycles. The molecule has 2 heteroatoms. The molecule has 0 atom stereocenters. The highest BCUT2D eigenvalue weighted by atomic mass is 15.2. The largest absolute Gasteiger partial charge is 0.149 e. The van der Waals surface area contributed by atoms with Crippen molar-refractivity contribution in [3.05, 3.63) is 142 Å². The smallest absolute Gasteiger partial charge is 0.101 e. The Morgan fingerprint density at radius 1 is 0.382 bits per heavy atom. The molecule has 0 heterocycles. The Bertz CT molecular complexity index is 1280. The molecule has 2 aliphatic rings. The molecule has 4 aromatic rings. The lowest BCUT2D eigenvalue weighted by Crippen LogP contribution is -2.31. The maximum atomic E-state index is 5.01. The van der Waals surface area contributed by atoms with Gasteiger partial charge in [0.25, 0.3) is 0 Å². The second-order valence-corrected chi connectivity index (χ2v) is 10.3. The average molecular weight is 441 g/mol. The van der Waals surface area contributed by atoms with Crippen molar-refractivity contribution in [3.63, 3.8) is 0 Å². The van der Waals surface area contributed by atoms with Gasteiger partial charge in [0.1, 0.15) is 11.4 Å². The maximum absolute atomic E-state index is 5.01. The van der Waals surface area contributed by atoms with E-state index in [9.17, 15) is 0 Å². The van der Waals surface area contributed by atoms with E-state index in [2.05, 4.69) is 125 Å². The minimum atomic E-state index is -0.0899. The molecule has 2 aliphatic carbocycles. The molecule has 0 saturated carbocycles. The van der Waals surface area contributed by atoms with Crippen molar-refractivity contribution in [2.75, 3.05) is 0 Å². The molecule has 0 radical (unpaired) electrons. The Kier molecular flexibility index (Phi) is 4.50. The van der Waals surface area contributed by atoms with Crippen LogP contribution in [0.3, 0.4) is 0 Å². The second-order valence-electron chi connectivity index (χ2n) is 10.3. The summed E-state index contributed by atoms with van der Waals surface area (Å²) in [4.78, 5) is 0. The highest BCUT2D eigenvalue weighted by Crippen LogP contribution is 2.43. The molecule has 0 unspecified atom stereocenters. The molecule has 0 spiro atoms. The fraction of sp³-hybridized carbons (Fsp3) is 0.188. The number of hydrogen-bond donors (Lipinski definition) is 0. The molecular weight excluding hydrogens is 412 g/mol. The number of benzene rings is 4. The van der Waals surface area contributed by atoms with Crippen LogP contribution in [0.1, 0.15) is 72.2 Å². The first-order valence-electron chi connectivity index (χ1n) is 12.0. The zero-order valence-corrected chi connectivity index (χ0v) is 20.1. The van der Waals surface area contributed by atoms with Crippen molar-refractivity contribution >= 4 is 11.4 Å². The summed E-state index contributed by atoms with van der Waals surface area (Å²) in [7, 11) is 0. The van der Waals surface area contributed by atoms with Gasteiger partial charge in [-0.2, -0.15) is 0 Å². The Balaban J connectivity index is 1.62. The van der Waals surface area contributed by atoms with Gasteiger partial charge in [-0.3, -0.25) is 0 Å². The van der Waals surface area contributed by atoms with Crippen LogP contribution < -0.4 is 0 Å². The highest BCUT2D eigenvalue weighted by Gasteiger charge is 2.37. The van der Waals surface area contributed by atoms with Gasteiger partial charge in [0.05, 0.1) is 0 Å². The van der Waals surface area contributed by atoms with Gasteiger partial charge in [0, 0.05) is 33.1 Å². The van der Waals surface area contributed by atoms with Gasteiger partial charge in [-0.05, 0) is 22.3 Å². The summed E-state index contributed by atoms with van der Waals surface area (Å²) in [5.74, 6) is 0. The molecule has 6 rings (SSSR count). The Labute approximate surface area is 201 Å². The van der Waals surface area contributed by atoms with Crippen molar-refractivity contribution in [2.45, 2.75) is 38.5 Å². The number of rotatable bonds is 1. The molecule has 0 bridgehead atoms. The summed E-state index contributed by atoms with van der Waals surface area (Å²) < 4.78 is 0. The summed E-state index contributed by atoms with van der Waals surface area (Å²) in [6.45, 7) is 9.18. The minimum absolute atomic E-state index is 0.0899. The van der Waals surface area contributed by atoms with Crippen molar-refractivity contribution in [2.24, 2.45) is 10.2 Å². The van der Waals surface area contributed by atoms with Gasteiger partial charge in [-0.25, -0.2) is 0 Å². The lowest BCUT2D eigenvalue weighted by Gasteiger charge is -2.36. The molecule has 0 fully saturated rings. The number of hydrogen-bond acceptors (Lipinski definition) is 2. The molecule has 4 aromatic carbocycles. The third kappa shape index (κ3) is 2.88. The quantitative estimate of drug-likeness (QED) is 0.278. The summed E-state index contributed by atoms with van der Waals surface area (Å²) in [5.41, 5.74) is 11.5. The van der Waals surface area contributed by atoms with Crippen molar-refractivity contribution in [1.29, 1.82) is 0 Å². The van der Waals surface area contributed by atoms with E-state index < -0.39 is 0 Å². The van der Waals surface area contributed by atoms with Gasteiger partial charge in [0.15, 0.2) is 0 Å². The van der Waals surface area contributed by atoms with E-state index in [1.807, 2.05) is 0 Å². The normalized spacial score (nSPS) is 16.6. The second kappa shape index (κ2) is 7.36. The Morgan fingerprint density at radius 2 is 0.618 bits per heavy atom. The monoisotopic (exact) mass is 440 g/mol.